The Morgan fingerprint density at radius 1 is 0.824 bits per heavy atom. The summed E-state index contributed by atoms with van der Waals surface area (Å²) in [4.78, 5) is 21.6. The highest BCUT2D eigenvalue weighted by atomic mass is 35.5. The van der Waals surface area contributed by atoms with E-state index in [9.17, 15) is 9.18 Å². The fourth-order valence-corrected chi connectivity index (χ4v) is 6.07. The van der Waals surface area contributed by atoms with Crippen molar-refractivity contribution >= 4 is 35.2 Å². The van der Waals surface area contributed by atoms with E-state index in [1.165, 1.54) is 23.3 Å². The van der Waals surface area contributed by atoms with Gasteiger partial charge in [-0.05, 0) is 95.4 Å². The van der Waals surface area contributed by atoms with Crippen molar-refractivity contribution in [2.75, 3.05) is 32.8 Å². The fraction of sp³-hybridized carbons (Fsp3) is 0.220. The van der Waals surface area contributed by atoms with E-state index in [1.807, 2.05) is 42.2 Å². The molecule has 0 bridgehead atoms. The highest BCUT2D eigenvalue weighted by Crippen LogP contribution is 2.34. The third-order valence-electron chi connectivity index (χ3n) is 8.49. The molecule has 10 heteroatoms. The van der Waals surface area contributed by atoms with Crippen LogP contribution in [0, 0.1) is 12.7 Å². The highest BCUT2D eigenvalue weighted by Gasteiger charge is 2.20. The molecule has 4 aromatic carbocycles. The molecular weight excluding hydrogens is 688 g/mol. The van der Waals surface area contributed by atoms with Crippen LogP contribution in [0.3, 0.4) is 0 Å². The summed E-state index contributed by atoms with van der Waals surface area (Å²) in [5.41, 5.74) is 5.03. The molecule has 6 rings (SSSR count). The zero-order valence-electron chi connectivity index (χ0n) is 28.2. The summed E-state index contributed by atoms with van der Waals surface area (Å²) in [6.45, 7) is 6.57. The molecule has 1 fully saturated rings. The van der Waals surface area contributed by atoms with Gasteiger partial charge in [-0.2, -0.15) is 0 Å². The van der Waals surface area contributed by atoms with E-state index in [2.05, 4.69) is 34.1 Å². The predicted octanol–water partition coefficient (Wildman–Crippen LogP) is 9.19. The number of nitrogens with zero attached hydrogens (tertiary/aromatic N) is 3. The van der Waals surface area contributed by atoms with Crippen LogP contribution < -0.4 is 14.2 Å². The van der Waals surface area contributed by atoms with Crippen LogP contribution in [0.15, 0.2) is 109 Å². The fourth-order valence-electron chi connectivity index (χ4n) is 5.63. The summed E-state index contributed by atoms with van der Waals surface area (Å²) in [6.07, 6.45) is 5.76. The molecule has 262 valence electrons. The van der Waals surface area contributed by atoms with Crippen LogP contribution in [0.25, 0.3) is 6.08 Å². The van der Waals surface area contributed by atoms with Crippen LogP contribution in [-0.4, -0.2) is 53.5 Å². The number of carbonyl (C=O) groups excluding carboxylic acids is 1. The number of hydrogen-bond donors (Lipinski definition) is 0. The Labute approximate surface area is 307 Å². The van der Waals surface area contributed by atoms with Crippen molar-refractivity contribution in [3.63, 3.8) is 0 Å². The zero-order valence-corrected chi connectivity index (χ0v) is 29.7. The summed E-state index contributed by atoms with van der Waals surface area (Å²) in [5, 5.41) is 1.10. The van der Waals surface area contributed by atoms with Gasteiger partial charge < -0.3 is 19.1 Å². The van der Waals surface area contributed by atoms with Crippen molar-refractivity contribution in [1.82, 2.24) is 14.8 Å². The van der Waals surface area contributed by atoms with Gasteiger partial charge in [-0.25, -0.2) is 9.37 Å². The van der Waals surface area contributed by atoms with Gasteiger partial charge in [-0.1, -0.05) is 59.6 Å². The lowest BCUT2D eigenvalue weighted by molar-refractivity contribution is -0.127. The molecule has 1 aliphatic heterocycles. The van der Waals surface area contributed by atoms with Crippen LogP contribution in [0.2, 0.25) is 10.0 Å². The molecule has 0 spiro atoms. The van der Waals surface area contributed by atoms with Gasteiger partial charge >= 0.3 is 0 Å². The van der Waals surface area contributed by atoms with Crippen molar-refractivity contribution in [3.05, 3.63) is 153 Å². The Kier molecular flexibility index (Phi) is 12.2. The Balaban J connectivity index is 0.931. The lowest BCUT2D eigenvalue weighted by atomic mass is 10.1. The van der Waals surface area contributed by atoms with Gasteiger partial charge in [0.05, 0.1) is 17.8 Å². The molecular formula is C41H38Cl2FN3O4. The summed E-state index contributed by atoms with van der Waals surface area (Å²) in [6, 6.07) is 29.3. The minimum Gasteiger partial charge on any atom is -0.493 e. The van der Waals surface area contributed by atoms with Gasteiger partial charge in [-0.15, -0.1) is 0 Å². The number of halogens is 3. The highest BCUT2D eigenvalue weighted by molar-refractivity contribution is 6.32. The number of piperazine rings is 1. The van der Waals surface area contributed by atoms with Crippen LogP contribution >= 0.6 is 23.2 Å². The molecule has 0 unspecified atom stereocenters. The molecule has 1 amide bonds. The summed E-state index contributed by atoms with van der Waals surface area (Å²) in [5.74, 6) is 1.86. The van der Waals surface area contributed by atoms with Crippen molar-refractivity contribution in [1.29, 1.82) is 0 Å². The molecule has 0 atom stereocenters. The monoisotopic (exact) mass is 725 g/mol. The number of amides is 1. The van der Waals surface area contributed by atoms with Crippen LogP contribution in [0.5, 0.6) is 23.1 Å². The van der Waals surface area contributed by atoms with Crippen molar-refractivity contribution < 1.29 is 23.4 Å². The summed E-state index contributed by atoms with van der Waals surface area (Å²) < 4.78 is 30.6. The first kappa shape index (κ1) is 35.9. The normalized spacial score (nSPS) is 13.4. The molecule has 51 heavy (non-hydrogen) atoms. The summed E-state index contributed by atoms with van der Waals surface area (Å²) >= 11 is 12.6. The molecule has 7 nitrogen and oxygen atoms in total. The molecule has 0 aliphatic carbocycles. The predicted molar refractivity (Wildman–Crippen MR) is 199 cm³/mol. The standard InChI is InChI=1S/C41H38Cl2FN3O4/c1-29-24-33(25-38(43)41(29)51-39-16-15-37(26-45-39)50-28-32-6-9-34(42)10-7-32)8-17-40(48)47-21-19-46(20-22-47)27-31-4-2-30(3-5-31)18-23-49-36-13-11-35(44)12-14-36/h2-17,24-26H,18-23,27-28H2,1H3. The number of carbonyl (C=O) groups is 1. The van der Waals surface area contributed by atoms with E-state index in [0.29, 0.717) is 59.5 Å². The SMILES string of the molecule is Cc1cc(C=CC(=O)N2CCN(Cc3ccc(CCOc4ccc(F)cc4)cc3)CC2)cc(Cl)c1Oc1ccc(OCc2ccc(Cl)cc2)cn1. The molecule has 0 N–H and O–H groups in total. The first-order valence-electron chi connectivity index (χ1n) is 16.7. The first-order valence-corrected chi connectivity index (χ1v) is 17.5. The number of aromatic nitrogens is 1. The Morgan fingerprint density at radius 3 is 2.20 bits per heavy atom. The van der Waals surface area contributed by atoms with E-state index in [1.54, 1.807) is 48.7 Å². The lowest BCUT2D eigenvalue weighted by Crippen LogP contribution is -2.47. The second-order valence-electron chi connectivity index (χ2n) is 12.3. The Morgan fingerprint density at radius 2 is 1.51 bits per heavy atom. The maximum Gasteiger partial charge on any atom is 0.246 e. The Bertz CT molecular complexity index is 1910. The smallest absolute Gasteiger partial charge is 0.246 e. The number of hydrogen-bond acceptors (Lipinski definition) is 6. The van der Waals surface area contributed by atoms with Gasteiger partial charge in [0.1, 0.15) is 23.9 Å². The van der Waals surface area contributed by atoms with Gasteiger partial charge in [0, 0.05) is 56.3 Å². The van der Waals surface area contributed by atoms with Gasteiger partial charge in [0.25, 0.3) is 0 Å². The number of benzene rings is 4. The maximum absolute atomic E-state index is 13.1. The van der Waals surface area contributed by atoms with E-state index < -0.39 is 0 Å². The van der Waals surface area contributed by atoms with Gasteiger partial charge in [0.2, 0.25) is 11.8 Å². The number of ether oxygens (including phenoxy) is 3. The van der Waals surface area contributed by atoms with Gasteiger partial charge in [-0.3, -0.25) is 9.69 Å². The Hall–Kier alpha value is -4.89. The van der Waals surface area contributed by atoms with E-state index in [0.717, 1.165) is 42.7 Å². The minimum atomic E-state index is -0.274. The van der Waals surface area contributed by atoms with Gasteiger partial charge in [0.15, 0.2) is 5.75 Å². The largest absolute Gasteiger partial charge is 0.493 e. The van der Waals surface area contributed by atoms with E-state index >= 15 is 0 Å². The molecule has 1 aliphatic rings. The van der Waals surface area contributed by atoms with Crippen molar-refractivity contribution in [2.24, 2.45) is 0 Å². The second-order valence-corrected chi connectivity index (χ2v) is 13.1. The summed E-state index contributed by atoms with van der Waals surface area (Å²) in [7, 11) is 0. The minimum absolute atomic E-state index is 0.0291. The zero-order chi connectivity index (χ0) is 35.6. The van der Waals surface area contributed by atoms with E-state index in [4.69, 9.17) is 37.4 Å². The lowest BCUT2D eigenvalue weighted by Gasteiger charge is -2.34. The molecule has 2 heterocycles. The third kappa shape index (κ3) is 10.6. The molecule has 1 aromatic heterocycles. The molecule has 5 aromatic rings. The van der Waals surface area contributed by atoms with Crippen LogP contribution in [0.1, 0.15) is 27.8 Å². The number of pyridine rings is 1. The third-order valence-corrected chi connectivity index (χ3v) is 9.02. The second kappa shape index (κ2) is 17.4. The first-order chi connectivity index (χ1) is 24.8. The van der Waals surface area contributed by atoms with Crippen molar-refractivity contribution in [3.8, 4) is 23.1 Å². The average molecular weight is 727 g/mol. The number of aryl methyl sites for hydroxylation is 1. The molecule has 0 radical (unpaired) electrons. The molecule has 1 saturated heterocycles. The van der Waals surface area contributed by atoms with Crippen molar-refractivity contribution in [2.45, 2.75) is 26.5 Å². The maximum atomic E-state index is 13.1. The van der Waals surface area contributed by atoms with E-state index in [-0.39, 0.29) is 11.7 Å². The quantitative estimate of drug-likeness (QED) is 0.113. The average Bonchev–Trinajstić information content (AvgIpc) is 3.14. The number of rotatable bonds is 13. The topological polar surface area (TPSA) is 64.1 Å². The van der Waals surface area contributed by atoms with Crippen LogP contribution in [0.4, 0.5) is 4.39 Å². The van der Waals surface area contributed by atoms with Crippen LogP contribution in [-0.2, 0) is 24.4 Å². The molecule has 0 saturated carbocycles.